The van der Waals surface area contributed by atoms with Gasteiger partial charge in [-0.2, -0.15) is 0 Å². The number of esters is 1. The normalized spacial score (nSPS) is 10.0. The van der Waals surface area contributed by atoms with E-state index in [-0.39, 0.29) is 5.97 Å². The van der Waals surface area contributed by atoms with Crippen LogP contribution in [0.1, 0.15) is 17.3 Å². The van der Waals surface area contributed by atoms with Gasteiger partial charge in [0.1, 0.15) is 0 Å². The highest BCUT2D eigenvalue weighted by Crippen LogP contribution is 2.26. The zero-order valence-electron chi connectivity index (χ0n) is 10.4. The molecule has 1 N–H and O–H groups in total. The Kier molecular flexibility index (Phi) is 4.36. The number of hydrogen-bond donors (Lipinski definition) is 1. The number of rotatable bonds is 4. The summed E-state index contributed by atoms with van der Waals surface area (Å²) in [5, 5.41) is 3.59. The third-order valence-corrected chi connectivity index (χ3v) is 2.77. The quantitative estimate of drug-likeness (QED) is 0.866. The molecule has 98 valence electrons. The second-order valence-corrected chi connectivity index (χ2v) is 4.15. The van der Waals surface area contributed by atoms with Crippen molar-refractivity contribution in [1.29, 1.82) is 0 Å². The van der Waals surface area contributed by atoms with E-state index in [1.54, 1.807) is 37.4 Å². The predicted molar refractivity (Wildman–Crippen MR) is 74.9 cm³/mol. The molecule has 0 fully saturated rings. The molecule has 1 heterocycles. The van der Waals surface area contributed by atoms with Crippen LogP contribution >= 0.6 is 11.6 Å². The van der Waals surface area contributed by atoms with Gasteiger partial charge in [0.25, 0.3) is 0 Å². The SMILES string of the molecule is CCOC(=O)c1ccccc1Nc1ccncc1Cl. The van der Waals surface area contributed by atoms with Crippen molar-refractivity contribution >= 4 is 28.9 Å². The predicted octanol–water partition coefficient (Wildman–Crippen LogP) is 3.66. The van der Waals surface area contributed by atoms with Gasteiger partial charge in [0, 0.05) is 12.4 Å². The Morgan fingerprint density at radius 3 is 2.84 bits per heavy atom. The van der Waals surface area contributed by atoms with Crippen LogP contribution in [0.15, 0.2) is 42.7 Å². The highest BCUT2D eigenvalue weighted by molar-refractivity contribution is 6.33. The minimum absolute atomic E-state index is 0.336. The highest BCUT2D eigenvalue weighted by Gasteiger charge is 2.12. The smallest absolute Gasteiger partial charge is 0.340 e. The molecule has 19 heavy (non-hydrogen) atoms. The minimum Gasteiger partial charge on any atom is -0.462 e. The first-order valence-corrected chi connectivity index (χ1v) is 6.23. The molecule has 0 radical (unpaired) electrons. The summed E-state index contributed by atoms with van der Waals surface area (Å²) in [5.41, 5.74) is 1.81. The highest BCUT2D eigenvalue weighted by atomic mass is 35.5. The number of nitrogens with one attached hydrogen (secondary N) is 1. The lowest BCUT2D eigenvalue weighted by Gasteiger charge is -2.11. The monoisotopic (exact) mass is 276 g/mol. The van der Waals surface area contributed by atoms with Crippen molar-refractivity contribution in [2.45, 2.75) is 6.92 Å². The van der Waals surface area contributed by atoms with Crippen LogP contribution in [-0.2, 0) is 4.74 Å². The van der Waals surface area contributed by atoms with E-state index >= 15 is 0 Å². The van der Waals surface area contributed by atoms with E-state index in [9.17, 15) is 4.79 Å². The van der Waals surface area contributed by atoms with Crippen molar-refractivity contribution < 1.29 is 9.53 Å². The zero-order chi connectivity index (χ0) is 13.7. The molecular weight excluding hydrogens is 264 g/mol. The number of aromatic nitrogens is 1. The first-order valence-electron chi connectivity index (χ1n) is 5.85. The van der Waals surface area contributed by atoms with Crippen LogP contribution in [0.5, 0.6) is 0 Å². The van der Waals surface area contributed by atoms with Crippen molar-refractivity contribution in [2.75, 3.05) is 11.9 Å². The van der Waals surface area contributed by atoms with E-state index in [0.717, 1.165) is 0 Å². The molecule has 0 unspecified atom stereocenters. The standard InChI is InChI=1S/C14H13ClN2O2/c1-2-19-14(18)10-5-3-4-6-12(10)17-13-7-8-16-9-11(13)15/h3-9H,2H2,1H3,(H,16,17). The summed E-state index contributed by atoms with van der Waals surface area (Å²) in [6.45, 7) is 2.11. The molecule has 0 atom stereocenters. The lowest BCUT2D eigenvalue weighted by molar-refractivity contribution is 0.0527. The number of benzene rings is 1. The fourth-order valence-corrected chi connectivity index (χ4v) is 1.77. The number of para-hydroxylation sites is 1. The Balaban J connectivity index is 2.30. The third kappa shape index (κ3) is 3.23. The van der Waals surface area contributed by atoms with Crippen LogP contribution in [0, 0.1) is 0 Å². The summed E-state index contributed by atoms with van der Waals surface area (Å²) in [6, 6.07) is 8.86. The van der Waals surface area contributed by atoms with Crippen molar-refractivity contribution in [3.8, 4) is 0 Å². The van der Waals surface area contributed by atoms with Crippen LogP contribution in [0.25, 0.3) is 0 Å². The van der Waals surface area contributed by atoms with Crippen LogP contribution in [0.2, 0.25) is 5.02 Å². The number of pyridine rings is 1. The van der Waals surface area contributed by atoms with Crippen molar-refractivity contribution in [3.05, 3.63) is 53.3 Å². The Bertz CT molecular complexity index is 587. The van der Waals surface area contributed by atoms with Crippen molar-refractivity contribution in [3.63, 3.8) is 0 Å². The van der Waals surface area contributed by atoms with Gasteiger partial charge in [-0.15, -0.1) is 0 Å². The summed E-state index contributed by atoms with van der Waals surface area (Å²) in [4.78, 5) is 15.7. The zero-order valence-corrected chi connectivity index (χ0v) is 11.1. The first-order chi connectivity index (χ1) is 9.22. The molecular formula is C14H13ClN2O2. The summed E-state index contributed by atoms with van der Waals surface area (Å²) in [5.74, 6) is -0.365. The van der Waals surface area contributed by atoms with Gasteiger partial charge in [0.15, 0.2) is 0 Å². The number of carbonyl (C=O) groups is 1. The minimum atomic E-state index is -0.365. The average molecular weight is 277 g/mol. The van der Waals surface area contributed by atoms with Gasteiger partial charge < -0.3 is 10.1 Å². The molecule has 0 aliphatic rings. The maximum absolute atomic E-state index is 11.8. The van der Waals surface area contributed by atoms with E-state index in [1.807, 2.05) is 6.07 Å². The molecule has 1 aromatic heterocycles. The fourth-order valence-electron chi connectivity index (χ4n) is 1.60. The molecule has 4 nitrogen and oxygen atoms in total. The second-order valence-electron chi connectivity index (χ2n) is 3.75. The molecule has 0 amide bonds. The maximum Gasteiger partial charge on any atom is 0.340 e. The lowest BCUT2D eigenvalue weighted by Crippen LogP contribution is -2.07. The van der Waals surface area contributed by atoms with E-state index in [4.69, 9.17) is 16.3 Å². The Hall–Kier alpha value is -2.07. The lowest BCUT2D eigenvalue weighted by atomic mass is 10.1. The molecule has 0 aliphatic carbocycles. The van der Waals surface area contributed by atoms with Gasteiger partial charge in [0.2, 0.25) is 0 Å². The van der Waals surface area contributed by atoms with Gasteiger partial charge in [-0.25, -0.2) is 4.79 Å². The van der Waals surface area contributed by atoms with Crippen LogP contribution in [0.3, 0.4) is 0 Å². The van der Waals surface area contributed by atoms with Gasteiger partial charge in [-0.05, 0) is 25.1 Å². The Morgan fingerprint density at radius 1 is 1.32 bits per heavy atom. The largest absolute Gasteiger partial charge is 0.462 e. The number of nitrogens with zero attached hydrogens (tertiary/aromatic N) is 1. The second kappa shape index (κ2) is 6.20. The summed E-state index contributed by atoms with van der Waals surface area (Å²) >= 11 is 6.03. The van der Waals surface area contributed by atoms with Crippen molar-refractivity contribution in [1.82, 2.24) is 4.98 Å². The van der Waals surface area contributed by atoms with E-state index in [1.165, 1.54) is 6.20 Å². The molecule has 0 aliphatic heterocycles. The number of carbonyl (C=O) groups excluding carboxylic acids is 1. The summed E-state index contributed by atoms with van der Waals surface area (Å²) < 4.78 is 5.01. The molecule has 0 bridgehead atoms. The number of halogens is 1. The van der Waals surface area contributed by atoms with E-state index in [2.05, 4.69) is 10.3 Å². The Labute approximate surface area is 116 Å². The number of anilines is 2. The topological polar surface area (TPSA) is 51.2 Å². The third-order valence-electron chi connectivity index (χ3n) is 2.46. The fraction of sp³-hybridized carbons (Fsp3) is 0.143. The van der Waals surface area contributed by atoms with Crippen molar-refractivity contribution in [2.24, 2.45) is 0 Å². The van der Waals surface area contributed by atoms with Gasteiger partial charge in [-0.1, -0.05) is 23.7 Å². The van der Waals surface area contributed by atoms with Crippen LogP contribution in [-0.4, -0.2) is 17.6 Å². The van der Waals surface area contributed by atoms with E-state index < -0.39 is 0 Å². The van der Waals surface area contributed by atoms with Gasteiger partial charge >= 0.3 is 5.97 Å². The number of ether oxygens (including phenoxy) is 1. The van der Waals surface area contributed by atoms with Crippen LogP contribution in [0.4, 0.5) is 11.4 Å². The molecule has 1 aromatic carbocycles. The first kappa shape index (κ1) is 13.4. The molecule has 0 saturated heterocycles. The Morgan fingerprint density at radius 2 is 2.11 bits per heavy atom. The van der Waals surface area contributed by atoms with Gasteiger partial charge in [-0.3, -0.25) is 4.98 Å². The van der Waals surface area contributed by atoms with Crippen LogP contribution < -0.4 is 5.32 Å². The molecule has 2 rings (SSSR count). The molecule has 0 spiro atoms. The molecule has 0 saturated carbocycles. The molecule has 2 aromatic rings. The van der Waals surface area contributed by atoms with E-state index in [0.29, 0.717) is 28.6 Å². The summed E-state index contributed by atoms with van der Waals surface area (Å²) in [6.07, 6.45) is 3.16. The maximum atomic E-state index is 11.8. The number of hydrogen-bond acceptors (Lipinski definition) is 4. The van der Waals surface area contributed by atoms with Gasteiger partial charge in [0.05, 0.1) is 28.6 Å². The average Bonchev–Trinajstić information content (AvgIpc) is 2.42. The molecule has 5 heteroatoms. The summed E-state index contributed by atoms with van der Waals surface area (Å²) in [7, 11) is 0.